The largest absolute Gasteiger partial charge is 0.386 e. The van der Waals surface area contributed by atoms with Gasteiger partial charge in [0.15, 0.2) is 5.96 Å². The van der Waals surface area contributed by atoms with Gasteiger partial charge in [0.25, 0.3) is 0 Å². The zero-order valence-electron chi connectivity index (χ0n) is 12.8. The molecular formula is C16H26IN3O. The average molecular weight is 403 g/mol. The number of benzene rings is 1. The van der Waals surface area contributed by atoms with Gasteiger partial charge in [-0.25, -0.2) is 0 Å². The minimum absolute atomic E-state index is 0. The van der Waals surface area contributed by atoms with Gasteiger partial charge in [-0.2, -0.15) is 0 Å². The third kappa shape index (κ3) is 6.65. The Bertz CT molecular complexity index is 443. The molecule has 1 saturated carbocycles. The molecule has 3 N–H and O–H groups in total. The number of nitrogens with zero attached hydrogens (tertiary/aromatic N) is 1. The first-order valence-electron chi connectivity index (χ1n) is 7.46. The third-order valence-electron chi connectivity index (χ3n) is 3.48. The van der Waals surface area contributed by atoms with E-state index in [0.717, 1.165) is 30.5 Å². The lowest BCUT2D eigenvalue weighted by atomic mass is 10.1. The van der Waals surface area contributed by atoms with E-state index >= 15 is 0 Å². The van der Waals surface area contributed by atoms with Gasteiger partial charge in [0.05, 0.1) is 12.6 Å². The monoisotopic (exact) mass is 403 g/mol. The minimum Gasteiger partial charge on any atom is -0.386 e. The van der Waals surface area contributed by atoms with Crippen LogP contribution in [0, 0.1) is 12.8 Å². The van der Waals surface area contributed by atoms with Crippen LogP contribution in [0.25, 0.3) is 0 Å². The lowest BCUT2D eigenvalue weighted by Crippen LogP contribution is -2.38. The van der Waals surface area contributed by atoms with Gasteiger partial charge in [-0.1, -0.05) is 29.8 Å². The summed E-state index contributed by atoms with van der Waals surface area (Å²) in [7, 11) is 0. The molecule has 0 spiro atoms. The number of aliphatic imine (C=N–C) groups is 1. The van der Waals surface area contributed by atoms with Gasteiger partial charge in [-0.05, 0) is 38.2 Å². The zero-order chi connectivity index (χ0) is 14.4. The van der Waals surface area contributed by atoms with Crippen molar-refractivity contribution >= 4 is 29.9 Å². The van der Waals surface area contributed by atoms with Gasteiger partial charge in [-0.15, -0.1) is 24.0 Å². The molecule has 1 unspecified atom stereocenters. The Morgan fingerprint density at radius 2 is 1.95 bits per heavy atom. The molecule has 1 aliphatic carbocycles. The number of guanidine groups is 1. The average Bonchev–Trinajstić information content (AvgIpc) is 3.26. The van der Waals surface area contributed by atoms with Crippen molar-refractivity contribution < 1.29 is 5.11 Å². The highest BCUT2D eigenvalue weighted by Gasteiger charge is 2.21. The first-order valence-corrected chi connectivity index (χ1v) is 7.46. The second kappa shape index (κ2) is 9.25. The summed E-state index contributed by atoms with van der Waals surface area (Å²) in [5, 5.41) is 16.7. The molecule has 0 aliphatic heterocycles. The quantitative estimate of drug-likeness (QED) is 0.389. The van der Waals surface area contributed by atoms with Crippen molar-refractivity contribution in [2.24, 2.45) is 10.9 Å². The first kappa shape index (κ1) is 18.2. The maximum Gasteiger partial charge on any atom is 0.191 e. The molecule has 2 rings (SSSR count). The van der Waals surface area contributed by atoms with Gasteiger partial charge in [0, 0.05) is 13.1 Å². The van der Waals surface area contributed by atoms with Crippen molar-refractivity contribution in [3.05, 3.63) is 35.4 Å². The van der Waals surface area contributed by atoms with Gasteiger partial charge < -0.3 is 15.7 Å². The molecular weight excluding hydrogens is 377 g/mol. The summed E-state index contributed by atoms with van der Waals surface area (Å²) in [5.74, 6) is 1.60. The highest BCUT2D eigenvalue weighted by atomic mass is 127. The molecule has 4 nitrogen and oxygen atoms in total. The maximum absolute atomic E-state index is 10.2. The highest BCUT2D eigenvalue weighted by molar-refractivity contribution is 14.0. The second-order valence-corrected chi connectivity index (χ2v) is 5.47. The SMILES string of the molecule is CCNC(=NCC(O)c1ccc(C)cc1)NCC1CC1.I. The molecule has 5 heteroatoms. The number of aryl methyl sites for hydroxylation is 1. The number of aliphatic hydroxyl groups excluding tert-OH is 1. The van der Waals surface area contributed by atoms with E-state index in [0.29, 0.717) is 6.54 Å². The van der Waals surface area contributed by atoms with Crippen molar-refractivity contribution in [2.45, 2.75) is 32.8 Å². The third-order valence-corrected chi connectivity index (χ3v) is 3.48. The van der Waals surface area contributed by atoms with Gasteiger partial charge in [0.1, 0.15) is 0 Å². The first-order chi connectivity index (χ1) is 9.69. The van der Waals surface area contributed by atoms with Crippen LogP contribution in [-0.2, 0) is 0 Å². The predicted molar refractivity (Wildman–Crippen MR) is 98.3 cm³/mol. The van der Waals surface area contributed by atoms with Gasteiger partial charge in [-0.3, -0.25) is 4.99 Å². The molecule has 0 radical (unpaired) electrons. The normalized spacial score (nSPS) is 16.0. The summed E-state index contributed by atoms with van der Waals surface area (Å²) in [5.41, 5.74) is 2.11. The number of aliphatic hydroxyl groups is 1. The van der Waals surface area contributed by atoms with E-state index in [2.05, 4.69) is 15.6 Å². The van der Waals surface area contributed by atoms with E-state index < -0.39 is 6.10 Å². The van der Waals surface area contributed by atoms with Crippen LogP contribution >= 0.6 is 24.0 Å². The molecule has 1 aromatic carbocycles. The fourth-order valence-electron chi connectivity index (χ4n) is 1.98. The molecule has 0 amide bonds. The molecule has 0 aromatic heterocycles. The molecule has 0 heterocycles. The van der Waals surface area contributed by atoms with Crippen molar-refractivity contribution in [1.29, 1.82) is 0 Å². The topological polar surface area (TPSA) is 56.7 Å². The van der Waals surface area contributed by atoms with Crippen molar-refractivity contribution in [3.63, 3.8) is 0 Å². The van der Waals surface area contributed by atoms with Crippen LogP contribution < -0.4 is 10.6 Å². The molecule has 1 aliphatic rings. The fraction of sp³-hybridized carbons (Fsp3) is 0.562. The van der Waals surface area contributed by atoms with Crippen molar-refractivity contribution in [1.82, 2.24) is 10.6 Å². The maximum atomic E-state index is 10.2. The van der Waals surface area contributed by atoms with Gasteiger partial charge >= 0.3 is 0 Å². The lowest BCUT2D eigenvalue weighted by molar-refractivity contribution is 0.187. The molecule has 1 fully saturated rings. The summed E-state index contributed by atoms with van der Waals surface area (Å²) in [6, 6.07) is 7.94. The number of hydrogen-bond donors (Lipinski definition) is 3. The Morgan fingerprint density at radius 3 is 2.52 bits per heavy atom. The summed E-state index contributed by atoms with van der Waals surface area (Å²) in [6.45, 7) is 6.27. The summed E-state index contributed by atoms with van der Waals surface area (Å²) in [6.07, 6.45) is 2.09. The van der Waals surface area contributed by atoms with E-state index in [1.807, 2.05) is 38.1 Å². The van der Waals surface area contributed by atoms with Crippen molar-refractivity contribution in [3.8, 4) is 0 Å². The Labute approximate surface area is 144 Å². The smallest absolute Gasteiger partial charge is 0.191 e. The van der Waals surface area contributed by atoms with Crippen LogP contribution in [-0.4, -0.2) is 30.7 Å². The Balaban J connectivity index is 0.00000220. The molecule has 0 saturated heterocycles. The summed E-state index contributed by atoms with van der Waals surface area (Å²) >= 11 is 0. The minimum atomic E-state index is -0.549. The molecule has 1 aromatic rings. The molecule has 21 heavy (non-hydrogen) atoms. The van der Waals surface area contributed by atoms with E-state index in [4.69, 9.17) is 0 Å². The number of hydrogen-bond acceptors (Lipinski definition) is 2. The molecule has 0 bridgehead atoms. The van der Waals surface area contributed by atoms with E-state index in [1.165, 1.54) is 18.4 Å². The zero-order valence-corrected chi connectivity index (χ0v) is 15.1. The molecule has 118 valence electrons. The predicted octanol–water partition coefficient (Wildman–Crippen LogP) is 2.61. The summed E-state index contributed by atoms with van der Waals surface area (Å²) in [4.78, 5) is 4.46. The van der Waals surface area contributed by atoms with Crippen LogP contribution in [0.3, 0.4) is 0 Å². The van der Waals surface area contributed by atoms with Crippen LogP contribution in [0.5, 0.6) is 0 Å². The fourth-order valence-corrected chi connectivity index (χ4v) is 1.98. The Hall–Kier alpha value is -0.820. The van der Waals surface area contributed by atoms with E-state index in [-0.39, 0.29) is 24.0 Å². The van der Waals surface area contributed by atoms with E-state index in [1.54, 1.807) is 0 Å². The number of nitrogens with one attached hydrogen (secondary N) is 2. The summed E-state index contributed by atoms with van der Waals surface area (Å²) < 4.78 is 0. The van der Waals surface area contributed by atoms with Crippen LogP contribution in [0.2, 0.25) is 0 Å². The van der Waals surface area contributed by atoms with Crippen LogP contribution in [0.1, 0.15) is 37.0 Å². The Morgan fingerprint density at radius 1 is 1.29 bits per heavy atom. The van der Waals surface area contributed by atoms with Crippen LogP contribution in [0.4, 0.5) is 0 Å². The Kier molecular flexibility index (Phi) is 8.03. The lowest BCUT2D eigenvalue weighted by Gasteiger charge is -2.13. The number of halogens is 1. The van der Waals surface area contributed by atoms with Gasteiger partial charge in [0.2, 0.25) is 0 Å². The molecule has 1 atom stereocenters. The number of rotatable bonds is 6. The van der Waals surface area contributed by atoms with E-state index in [9.17, 15) is 5.11 Å². The van der Waals surface area contributed by atoms with Crippen molar-refractivity contribution in [2.75, 3.05) is 19.6 Å². The second-order valence-electron chi connectivity index (χ2n) is 5.47. The standard InChI is InChI=1S/C16H25N3O.HI/c1-3-17-16(18-10-13-6-7-13)19-11-15(20)14-8-4-12(2)5-9-14;/h4-5,8-9,13,15,20H,3,6-7,10-11H2,1-2H3,(H2,17,18,19);1H. The highest BCUT2D eigenvalue weighted by Crippen LogP contribution is 2.27. The van der Waals surface area contributed by atoms with Crippen LogP contribution in [0.15, 0.2) is 29.3 Å².